The minimum Gasteiger partial charge on any atom is -0.382 e. The largest absolute Gasteiger partial charge is 0.382 e. The molecule has 21 heavy (non-hydrogen) atoms. The summed E-state index contributed by atoms with van der Waals surface area (Å²) in [6.45, 7) is 6.24. The second-order valence-electron chi connectivity index (χ2n) is 6.41. The molecule has 3 heteroatoms. The first-order valence-electron chi connectivity index (χ1n) is 8.27. The number of carbonyl (C=O) groups excluding carboxylic acids is 1. The van der Waals surface area contributed by atoms with Gasteiger partial charge in [-0.3, -0.25) is 4.79 Å². The molecule has 0 bridgehead atoms. The van der Waals surface area contributed by atoms with Gasteiger partial charge in [-0.05, 0) is 50.8 Å². The molecule has 0 heterocycles. The number of nitrogens with one attached hydrogen (secondary N) is 2. The number of rotatable bonds is 5. The van der Waals surface area contributed by atoms with Crippen LogP contribution in [-0.4, -0.2) is 18.0 Å². The van der Waals surface area contributed by atoms with Crippen molar-refractivity contribution in [1.82, 2.24) is 5.32 Å². The first kappa shape index (κ1) is 15.9. The number of amides is 1. The minimum atomic E-state index is 0.00401. The summed E-state index contributed by atoms with van der Waals surface area (Å²) in [5, 5.41) is 6.59. The summed E-state index contributed by atoms with van der Waals surface area (Å²) in [4.78, 5) is 12.1. The van der Waals surface area contributed by atoms with Crippen molar-refractivity contribution < 1.29 is 4.79 Å². The predicted octanol–water partition coefficient (Wildman–Crippen LogP) is 4.21. The highest BCUT2D eigenvalue weighted by atomic mass is 16.1. The fraction of sp³-hybridized carbons (Fsp3) is 0.611. The van der Waals surface area contributed by atoms with Crippen LogP contribution < -0.4 is 10.6 Å². The highest BCUT2D eigenvalue weighted by Gasteiger charge is 2.23. The van der Waals surface area contributed by atoms with E-state index >= 15 is 0 Å². The van der Waals surface area contributed by atoms with Crippen molar-refractivity contribution in [3.05, 3.63) is 29.8 Å². The Labute approximate surface area is 128 Å². The van der Waals surface area contributed by atoms with Gasteiger partial charge in [0.25, 0.3) is 5.91 Å². The van der Waals surface area contributed by atoms with E-state index in [4.69, 9.17) is 0 Å². The highest BCUT2D eigenvalue weighted by Crippen LogP contribution is 2.29. The smallest absolute Gasteiger partial charge is 0.251 e. The number of anilines is 1. The molecular weight excluding hydrogens is 260 g/mol. The molecule has 3 nitrogen and oxygen atoms in total. The van der Waals surface area contributed by atoms with Crippen molar-refractivity contribution in [2.75, 3.05) is 5.32 Å². The van der Waals surface area contributed by atoms with Gasteiger partial charge in [0, 0.05) is 23.3 Å². The maximum absolute atomic E-state index is 12.1. The molecule has 1 fully saturated rings. The normalized spacial score (nSPS) is 22.1. The summed E-state index contributed by atoms with van der Waals surface area (Å²) in [6.07, 6.45) is 6.45. The van der Waals surface area contributed by atoms with Gasteiger partial charge in [-0.25, -0.2) is 0 Å². The molecule has 1 aromatic carbocycles. The first-order chi connectivity index (χ1) is 10.1. The summed E-state index contributed by atoms with van der Waals surface area (Å²) in [6, 6.07) is 8.58. The van der Waals surface area contributed by atoms with Gasteiger partial charge in [0.2, 0.25) is 0 Å². The SMILES string of the molecule is CCC1CCCCC1Nc1cccc(C(=O)NC(C)C)c1. The van der Waals surface area contributed by atoms with Gasteiger partial charge in [0.1, 0.15) is 0 Å². The van der Waals surface area contributed by atoms with Gasteiger partial charge in [-0.15, -0.1) is 0 Å². The summed E-state index contributed by atoms with van der Waals surface area (Å²) >= 11 is 0. The lowest BCUT2D eigenvalue weighted by Crippen LogP contribution is -2.32. The second-order valence-corrected chi connectivity index (χ2v) is 6.41. The summed E-state index contributed by atoms with van der Waals surface area (Å²) < 4.78 is 0. The van der Waals surface area contributed by atoms with Crippen molar-refractivity contribution >= 4 is 11.6 Å². The van der Waals surface area contributed by atoms with Crippen LogP contribution in [0.4, 0.5) is 5.69 Å². The molecule has 1 saturated carbocycles. The Morgan fingerprint density at radius 1 is 1.29 bits per heavy atom. The zero-order valence-corrected chi connectivity index (χ0v) is 13.5. The Morgan fingerprint density at radius 3 is 2.76 bits per heavy atom. The molecule has 0 radical (unpaired) electrons. The van der Waals surface area contributed by atoms with Crippen LogP contribution in [0.1, 0.15) is 63.2 Å². The standard InChI is InChI=1S/C18H28N2O/c1-4-14-8-5-6-11-17(14)20-16-10-7-9-15(12-16)18(21)19-13(2)3/h7,9-10,12-14,17,20H,4-6,8,11H2,1-3H3,(H,19,21). The van der Waals surface area contributed by atoms with E-state index in [0.717, 1.165) is 17.2 Å². The van der Waals surface area contributed by atoms with E-state index in [1.807, 2.05) is 32.0 Å². The molecule has 1 aliphatic carbocycles. The van der Waals surface area contributed by atoms with Crippen LogP contribution in [-0.2, 0) is 0 Å². The second kappa shape index (κ2) is 7.48. The van der Waals surface area contributed by atoms with Crippen molar-refractivity contribution in [2.45, 2.75) is 65.0 Å². The fourth-order valence-corrected chi connectivity index (χ4v) is 3.20. The lowest BCUT2D eigenvalue weighted by Gasteiger charge is -2.32. The lowest BCUT2D eigenvalue weighted by molar-refractivity contribution is 0.0943. The van der Waals surface area contributed by atoms with Crippen molar-refractivity contribution in [3.63, 3.8) is 0 Å². The van der Waals surface area contributed by atoms with Crippen molar-refractivity contribution in [3.8, 4) is 0 Å². The maximum Gasteiger partial charge on any atom is 0.251 e. The van der Waals surface area contributed by atoms with Gasteiger partial charge in [-0.2, -0.15) is 0 Å². The third-order valence-electron chi connectivity index (χ3n) is 4.33. The molecule has 0 aliphatic heterocycles. The summed E-state index contributed by atoms with van der Waals surface area (Å²) in [7, 11) is 0. The van der Waals surface area contributed by atoms with E-state index in [2.05, 4.69) is 23.6 Å². The fourth-order valence-electron chi connectivity index (χ4n) is 3.20. The molecule has 0 spiro atoms. The molecule has 2 N–H and O–H groups in total. The quantitative estimate of drug-likeness (QED) is 0.852. The van der Waals surface area contributed by atoms with Crippen LogP contribution >= 0.6 is 0 Å². The van der Waals surface area contributed by atoms with E-state index in [1.54, 1.807) is 0 Å². The molecule has 1 amide bonds. The van der Waals surface area contributed by atoms with Gasteiger partial charge in [0.15, 0.2) is 0 Å². The average Bonchev–Trinajstić information content (AvgIpc) is 2.47. The number of hydrogen-bond acceptors (Lipinski definition) is 2. The number of hydrogen-bond donors (Lipinski definition) is 2. The van der Waals surface area contributed by atoms with E-state index in [0.29, 0.717) is 6.04 Å². The third kappa shape index (κ3) is 4.48. The number of benzene rings is 1. The van der Waals surface area contributed by atoms with Gasteiger partial charge >= 0.3 is 0 Å². The topological polar surface area (TPSA) is 41.1 Å². The molecule has 0 saturated heterocycles. The zero-order chi connectivity index (χ0) is 15.2. The van der Waals surface area contributed by atoms with Crippen LogP contribution in [0.25, 0.3) is 0 Å². The minimum absolute atomic E-state index is 0.00401. The summed E-state index contributed by atoms with van der Waals surface area (Å²) in [5.74, 6) is 0.760. The Morgan fingerprint density at radius 2 is 2.05 bits per heavy atom. The van der Waals surface area contributed by atoms with E-state index in [-0.39, 0.29) is 11.9 Å². The third-order valence-corrected chi connectivity index (χ3v) is 4.33. The van der Waals surface area contributed by atoms with Crippen molar-refractivity contribution in [1.29, 1.82) is 0 Å². The average molecular weight is 288 g/mol. The van der Waals surface area contributed by atoms with Gasteiger partial charge in [-0.1, -0.05) is 32.3 Å². The van der Waals surface area contributed by atoms with E-state index < -0.39 is 0 Å². The lowest BCUT2D eigenvalue weighted by atomic mass is 9.83. The van der Waals surface area contributed by atoms with Crippen molar-refractivity contribution in [2.24, 2.45) is 5.92 Å². The molecule has 2 atom stereocenters. The molecule has 2 rings (SSSR count). The first-order valence-corrected chi connectivity index (χ1v) is 8.27. The van der Waals surface area contributed by atoms with Crippen LogP contribution in [0.15, 0.2) is 24.3 Å². The van der Waals surface area contributed by atoms with Crippen LogP contribution in [0.5, 0.6) is 0 Å². The zero-order valence-electron chi connectivity index (χ0n) is 13.5. The van der Waals surface area contributed by atoms with Crippen LogP contribution in [0.2, 0.25) is 0 Å². The number of carbonyl (C=O) groups is 1. The Kier molecular flexibility index (Phi) is 5.66. The molecular formula is C18H28N2O. The monoisotopic (exact) mass is 288 g/mol. The molecule has 1 aromatic rings. The Balaban J connectivity index is 2.05. The highest BCUT2D eigenvalue weighted by molar-refractivity contribution is 5.95. The van der Waals surface area contributed by atoms with E-state index in [1.165, 1.54) is 32.1 Å². The molecule has 1 aliphatic rings. The predicted molar refractivity (Wildman–Crippen MR) is 88.7 cm³/mol. The molecule has 2 unspecified atom stereocenters. The van der Waals surface area contributed by atoms with Crippen LogP contribution in [0, 0.1) is 5.92 Å². The van der Waals surface area contributed by atoms with Gasteiger partial charge in [0.05, 0.1) is 0 Å². The maximum atomic E-state index is 12.1. The Hall–Kier alpha value is -1.51. The molecule has 116 valence electrons. The van der Waals surface area contributed by atoms with Gasteiger partial charge < -0.3 is 10.6 Å². The molecule has 0 aromatic heterocycles. The van der Waals surface area contributed by atoms with E-state index in [9.17, 15) is 4.79 Å². The van der Waals surface area contributed by atoms with Crippen LogP contribution in [0.3, 0.4) is 0 Å². The summed E-state index contributed by atoms with van der Waals surface area (Å²) in [5.41, 5.74) is 1.80. The Bertz CT molecular complexity index is 470.